The van der Waals surface area contributed by atoms with Crippen LogP contribution >= 0.6 is 0 Å². The van der Waals surface area contributed by atoms with Gasteiger partial charge in [-0.1, -0.05) is 0 Å². The summed E-state index contributed by atoms with van der Waals surface area (Å²) in [7, 11) is -5.74. The Bertz CT molecular complexity index is 1140. The molecule has 10 nitrogen and oxygen atoms in total. The van der Waals surface area contributed by atoms with Gasteiger partial charge >= 0.3 is 6.03 Å². The minimum Gasteiger partial charge on any atom is -0.322 e. The van der Waals surface area contributed by atoms with Crippen LogP contribution in [0, 0.1) is 0 Å². The van der Waals surface area contributed by atoms with Crippen LogP contribution in [0.1, 0.15) is 13.8 Å². The molecule has 2 heterocycles. The number of amides is 2. The second-order valence-electron chi connectivity index (χ2n) is 7.65. The van der Waals surface area contributed by atoms with Crippen molar-refractivity contribution in [2.24, 2.45) is 0 Å². The number of nitrogens with zero attached hydrogens (tertiary/aromatic N) is 4. The fourth-order valence-electron chi connectivity index (χ4n) is 3.14. The molecule has 0 saturated carbocycles. The number of anilines is 1. The monoisotopic (exact) mass is 481 g/mol. The second kappa shape index (κ2) is 9.53. The van der Waals surface area contributed by atoms with Crippen molar-refractivity contribution in [1.82, 2.24) is 18.5 Å². The van der Waals surface area contributed by atoms with E-state index in [2.05, 4.69) is 10.3 Å². The minimum atomic E-state index is -3.65. The first-order valence-corrected chi connectivity index (χ1v) is 13.0. The summed E-state index contributed by atoms with van der Waals surface area (Å²) in [4.78, 5) is 18.2. The quantitative estimate of drug-likeness (QED) is 0.670. The highest BCUT2D eigenvalue weighted by Crippen LogP contribution is 2.20. The number of aromatic nitrogens is 1. The summed E-state index contributed by atoms with van der Waals surface area (Å²) in [5.41, 5.74) is 0.451. The number of hydrogen-bond acceptors (Lipinski definition) is 6. The molecule has 1 aromatic heterocycles. The van der Waals surface area contributed by atoms with Crippen LogP contribution in [-0.4, -0.2) is 80.6 Å². The second-order valence-corrected chi connectivity index (χ2v) is 11.6. The summed E-state index contributed by atoms with van der Waals surface area (Å²) in [6, 6.07) is 8.45. The van der Waals surface area contributed by atoms with E-state index in [1.54, 1.807) is 19.9 Å². The first kappa shape index (κ1) is 24.1. The topological polar surface area (TPSA) is 120 Å². The molecule has 1 N–H and O–H groups in total. The lowest BCUT2D eigenvalue weighted by Gasteiger charge is -2.33. The van der Waals surface area contributed by atoms with Crippen molar-refractivity contribution in [3.63, 3.8) is 0 Å². The van der Waals surface area contributed by atoms with Crippen molar-refractivity contribution in [3.8, 4) is 0 Å². The van der Waals surface area contributed by atoms with E-state index >= 15 is 0 Å². The zero-order chi connectivity index (χ0) is 23.5. The third kappa shape index (κ3) is 5.09. The molecule has 0 spiro atoms. The van der Waals surface area contributed by atoms with Gasteiger partial charge in [-0.3, -0.25) is 4.98 Å². The molecule has 174 valence electrons. The Labute approximate surface area is 188 Å². The molecular weight excluding hydrogens is 454 g/mol. The Morgan fingerprint density at radius 2 is 1.62 bits per heavy atom. The Kier molecular flexibility index (Phi) is 7.18. The standard InChI is InChI=1S/C20H27N5O5S2/c1-16(2)23(3)31(27,28)18-8-6-17(7-9-18)22-20(26)24-11-13-25(14-12-24)32(29,30)19-5-4-10-21-15-19/h4-10,15-16H,11-14H2,1-3H3,(H,22,26). The number of urea groups is 1. The summed E-state index contributed by atoms with van der Waals surface area (Å²) in [5.74, 6) is 0. The average Bonchev–Trinajstić information content (AvgIpc) is 2.79. The lowest BCUT2D eigenvalue weighted by molar-refractivity contribution is 0.184. The smallest absolute Gasteiger partial charge is 0.321 e. The molecule has 0 unspecified atom stereocenters. The van der Waals surface area contributed by atoms with Crippen LogP contribution in [0.3, 0.4) is 0 Å². The van der Waals surface area contributed by atoms with Crippen molar-refractivity contribution in [3.05, 3.63) is 48.8 Å². The molecule has 1 saturated heterocycles. The molecule has 1 aliphatic rings. The molecule has 2 aromatic rings. The Hall–Kier alpha value is -2.54. The molecule has 1 aromatic carbocycles. The van der Waals surface area contributed by atoms with Gasteiger partial charge in [0, 0.05) is 57.3 Å². The summed E-state index contributed by atoms with van der Waals surface area (Å²) in [5, 5.41) is 2.73. The summed E-state index contributed by atoms with van der Waals surface area (Å²) >= 11 is 0. The molecule has 0 aliphatic carbocycles. The van der Waals surface area contributed by atoms with Gasteiger partial charge in [0.2, 0.25) is 20.0 Å². The predicted molar refractivity (Wildman–Crippen MR) is 120 cm³/mol. The molecule has 1 aliphatic heterocycles. The fourth-order valence-corrected chi connectivity index (χ4v) is 5.89. The van der Waals surface area contributed by atoms with E-state index in [1.165, 1.54) is 63.3 Å². The number of pyridine rings is 1. The number of carbonyl (C=O) groups is 1. The van der Waals surface area contributed by atoms with Crippen LogP contribution in [-0.2, 0) is 20.0 Å². The molecule has 0 radical (unpaired) electrons. The zero-order valence-electron chi connectivity index (χ0n) is 18.2. The van der Waals surface area contributed by atoms with Gasteiger partial charge < -0.3 is 10.2 Å². The maximum atomic E-state index is 12.7. The Morgan fingerprint density at radius 3 is 2.16 bits per heavy atom. The normalized spacial score (nSPS) is 15.8. The maximum absolute atomic E-state index is 12.7. The third-order valence-corrected chi connectivity index (χ3v) is 9.24. The molecule has 12 heteroatoms. The van der Waals surface area contributed by atoms with Gasteiger partial charge in [0.15, 0.2) is 0 Å². The zero-order valence-corrected chi connectivity index (χ0v) is 19.8. The van der Waals surface area contributed by atoms with Crippen LogP contribution in [0.15, 0.2) is 58.6 Å². The van der Waals surface area contributed by atoms with Gasteiger partial charge in [0.1, 0.15) is 4.90 Å². The SMILES string of the molecule is CC(C)N(C)S(=O)(=O)c1ccc(NC(=O)N2CCN(S(=O)(=O)c3cccnc3)CC2)cc1. The Balaban J connectivity index is 1.60. The highest BCUT2D eigenvalue weighted by Gasteiger charge is 2.30. The van der Waals surface area contributed by atoms with Crippen LogP contribution in [0.5, 0.6) is 0 Å². The van der Waals surface area contributed by atoms with Crippen LogP contribution in [0.4, 0.5) is 10.5 Å². The van der Waals surface area contributed by atoms with Gasteiger partial charge in [-0.15, -0.1) is 0 Å². The first-order valence-electron chi connectivity index (χ1n) is 10.1. The molecule has 0 bridgehead atoms. The number of rotatable bonds is 6. The van der Waals surface area contributed by atoms with Gasteiger partial charge in [-0.05, 0) is 50.2 Å². The third-order valence-electron chi connectivity index (χ3n) is 5.31. The molecule has 3 rings (SSSR count). The largest absolute Gasteiger partial charge is 0.322 e. The van der Waals surface area contributed by atoms with Gasteiger partial charge in [-0.2, -0.15) is 8.61 Å². The predicted octanol–water partition coefficient (Wildman–Crippen LogP) is 1.65. The van der Waals surface area contributed by atoms with Crippen molar-refractivity contribution < 1.29 is 21.6 Å². The van der Waals surface area contributed by atoms with E-state index in [4.69, 9.17) is 0 Å². The van der Waals surface area contributed by atoms with E-state index in [9.17, 15) is 21.6 Å². The van der Waals surface area contributed by atoms with E-state index < -0.39 is 20.0 Å². The number of carbonyl (C=O) groups excluding carboxylic acids is 1. The number of piperazine rings is 1. The summed E-state index contributed by atoms with van der Waals surface area (Å²) in [6.45, 7) is 4.38. The van der Waals surface area contributed by atoms with E-state index in [1.807, 2.05) is 0 Å². The first-order chi connectivity index (χ1) is 15.0. The lowest BCUT2D eigenvalue weighted by atomic mass is 10.3. The van der Waals surface area contributed by atoms with Gasteiger partial charge in [0.05, 0.1) is 4.90 Å². The lowest BCUT2D eigenvalue weighted by Crippen LogP contribution is -2.51. The number of sulfonamides is 2. The number of benzene rings is 1. The van der Waals surface area contributed by atoms with Crippen LogP contribution in [0.25, 0.3) is 0 Å². The van der Waals surface area contributed by atoms with Crippen molar-refractivity contribution in [1.29, 1.82) is 0 Å². The highest BCUT2D eigenvalue weighted by atomic mass is 32.2. The van der Waals surface area contributed by atoms with Crippen LogP contribution in [0.2, 0.25) is 0 Å². The minimum absolute atomic E-state index is 0.121. The summed E-state index contributed by atoms with van der Waals surface area (Å²) < 4.78 is 53.0. The van der Waals surface area contributed by atoms with Gasteiger partial charge in [-0.25, -0.2) is 21.6 Å². The molecule has 0 atom stereocenters. The number of nitrogens with one attached hydrogen (secondary N) is 1. The fraction of sp³-hybridized carbons (Fsp3) is 0.400. The maximum Gasteiger partial charge on any atom is 0.321 e. The molecule has 32 heavy (non-hydrogen) atoms. The molecule has 1 fully saturated rings. The van der Waals surface area contributed by atoms with Gasteiger partial charge in [0.25, 0.3) is 0 Å². The van der Waals surface area contributed by atoms with Crippen molar-refractivity contribution >= 4 is 31.8 Å². The van der Waals surface area contributed by atoms with Crippen LogP contribution < -0.4 is 5.32 Å². The van der Waals surface area contributed by atoms with Crippen molar-refractivity contribution in [2.75, 3.05) is 38.5 Å². The molecule has 2 amide bonds. The molecular formula is C20H27N5O5S2. The van der Waals surface area contributed by atoms with Crippen molar-refractivity contribution in [2.45, 2.75) is 29.7 Å². The van der Waals surface area contributed by atoms with E-state index in [-0.39, 0.29) is 48.0 Å². The van der Waals surface area contributed by atoms with E-state index in [0.717, 1.165) is 0 Å². The highest BCUT2D eigenvalue weighted by molar-refractivity contribution is 7.89. The Morgan fingerprint density at radius 1 is 1.00 bits per heavy atom. The number of hydrogen-bond donors (Lipinski definition) is 1. The summed E-state index contributed by atoms with van der Waals surface area (Å²) in [6.07, 6.45) is 2.81. The average molecular weight is 482 g/mol. The van der Waals surface area contributed by atoms with E-state index in [0.29, 0.717) is 5.69 Å².